The SMILES string of the molecule is C[C-]=CP(=O)(OC)OC.[C-]#[O+].[C-]#[O+].[C-]#[O+].[C-]#[O+].[C-]#[O+].[C-]#[O+].[Fe].[Fe].c1ccc(Pc2ccccc2)cc1. The van der Waals surface area contributed by atoms with Gasteiger partial charge in [0.15, 0.2) is 0 Å². The van der Waals surface area contributed by atoms with Gasteiger partial charge in [0.1, 0.15) is 0 Å². The molecule has 0 amide bonds. The Hall–Kier alpha value is -1.76. The average molecular weight is 615 g/mol. The van der Waals surface area contributed by atoms with E-state index in [4.69, 9.17) is 27.9 Å². The standard InChI is InChI=1S/C12H11P.C5H10O3P.6CO.2Fe/c1-3-7-11(8-4-1)13-12-9-5-2-6-10-12;1-4-5-9(6,7-2)8-3;6*1-2;;/h1-10,13H;5H,1-3H3;;;;;;;;/q;-1;;;;;;;;. The van der Waals surface area contributed by atoms with Crippen LogP contribution < -0.4 is 10.6 Å². The molecule has 0 saturated carbocycles. The third-order valence-electron chi connectivity index (χ3n) is 2.63. The van der Waals surface area contributed by atoms with Gasteiger partial charge in [-0.3, -0.25) is 4.57 Å². The van der Waals surface area contributed by atoms with Crippen molar-refractivity contribution in [1.29, 1.82) is 0 Å². The molecule has 0 spiro atoms. The molecule has 0 N–H and O–H groups in total. The summed E-state index contributed by atoms with van der Waals surface area (Å²) in [4.78, 5) is 0. The number of hydrogen-bond donors (Lipinski definition) is 0. The molecule has 36 heavy (non-hydrogen) atoms. The van der Waals surface area contributed by atoms with Gasteiger partial charge >= 0.3 is 75.4 Å². The second-order valence-electron chi connectivity index (χ2n) is 4.18. The first kappa shape index (κ1) is 54.9. The molecule has 9 nitrogen and oxygen atoms in total. The second kappa shape index (κ2) is 54.2. The third-order valence-corrected chi connectivity index (χ3v) is 5.47. The van der Waals surface area contributed by atoms with Crippen LogP contribution in [0.5, 0.6) is 0 Å². The molecule has 0 aliphatic rings. The molecule has 0 atom stereocenters. The van der Waals surface area contributed by atoms with Crippen LogP contribution in [-0.2, 0) is 75.7 Å². The van der Waals surface area contributed by atoms with Gasteiger partial charge < -0.3 is 15.1 Å². The summed E-state index contributed by atoms with van der Waals surface area (Å²) in [5, 5.41) is 2.79. The first-order valence-electron chi connectivity index (χ1n) is 7.96. The van der Waals surface area contributed by atoms with Gasteiger partial charge in [-0.1, -0.05) is 69.2 Å². The van der Waals surface area contributed by atoms with Crippen LogP contribution in [0.2, 0.25) is 0 Å². The van der Waals surface area contributed by atoms with Gasteiger partial charge in [0.25, 0.3) is 0 Å². The molecule has 0 saturated heterocycles. The van der Waals surface area contributed by atoms with Crippen LogP contribution >= 0.6 is 16.2 Å². The van der Waals surface area contributed by atoms with E-state index in [0.29, 0.717) is 0 Å². The predicted molar refractivity (Wildman–Crippen MR) is 119 cm³/mol. The molecule has 0 unspecified atom stereocenters. The molecule has 0 aromatic heterocycles. The van der Waals surface area contributed by atoms with Crippen LogP contribution in [0, 0.1) is 46.0 Å². The zero-order chi connectivity index (χ0) is 28.3. The number of rotatable bonds is 5. The molecular weight excluding hydrogens is 594 g/mol. The van der Waals surface area contributed by atoms with Gasteiger partial charge in [-0.2, -0.15) is 12.7 Å². The van der Waals surface area contributed by atoms with E-state index in [1.807, 2.05) is 0 Å². The van der Waals surface area contributed by atoms with E-state index in [9.17, 15) is 4.57 Å². The van der Waals surface area contributed by atoms with Crippen molar-refractivity contribution in [2.75, 3.05) is 14.2 Å². The van der Waals surface area contributed by atoms with Crippen molar-refractivity contribution in [1.82, 2.24) is 0 Å². The molecule has 0 radical (unpaired) electrons. The fraction of sp³-hybridized carbons (Fsp3) is 0.130. The Morgan fingerprint density at radius 3 is 1.08 bits per heavy atom. The van der Waals surface area contributed by atoms with Crippen LogP contribution in [0.4, 0.5) is 0 Å². The van der Waals surface area contributed by atoms with Gasteiger partial charge in [0, 0.05) is 48.4 Å². The molecule has 0 heterocycles. The molecule has 0 aliphatic carbocycles. The number of benzene rings is 2. The minimum atomic E-state index is -2.92. The van der Waals surface area contributed by atoms with Gasteiger partial charge in [-0.05, 0) is 10.6 Å². The third kappa shape index (κ3) is 39.5. The largest absolute Gasteiger partial charge is 0.0622 e. The summed E-state index contributed by atoms with van der Waals surface area (Å²) in [6, 6.07) is 21.2. The number of allylic oxidation sites excluding steroid dienone is 1. The van der Waals surface area contributed by atoms with Gasteiger partial charge in [-0.25, -0.2) is 0 Å². The maximum absolute atomic E-state index is 11.0. The van der Waals surface area contributed by atoms with Crippen LogP contribution in [0.15, 0.2) is 66.5 Å². The van der Waals surface area contributed by atoms with E-state index < -0.39 is 7.60 Å². The van der Waals surface area contributed by atoms with Crippen molar-refractivity contribution >= 4 is 26.8 Å². The van der Waals surface area contributed by atoms with Crippen molar-refractivity contribution in [3.8, 4) is 0 Å². The molecule has 0 bridgehead atoms. The van der Waals surface area contributed by atoms with E-state index in [0.717, 1.165) is 8.58 Å². The average Bonchev–Trinajstić information content (AvgIpc) is 2.97. The van der Waals surface area contributed by atoms with Gasteiger partial charge in [0.2, 0.25) is 0 Å². The Balaban J connectivity index is -0.0000000505. The molecule has 2 rings (SSSR count). The summed E-state index contributed by atoms with van der Waals surface area (Å²) >= 11 is 0. The summed E-state index contributed by atoms with van der Waals surface area (Å²) < 4.78 is 65.1. The van der Waals surface area contributed by atoms with E-state index in [-0.39, 0.29) is 34.1 Å². The summed E-state index contributed by atoms with van der Waals surface area (Å²) in [6.07, 6.45) is 2.57. The zero-order valence-electron chi connectivity index (χ0n) is 19.2. The molecule has 0 fully saturated rings. The smallest absolute Gasteiger partial charge is 0 e. The fourth-order valence-corrected chi connectivity index (χ4v) is 3.28. The van der Waals surface area contributed by atoms with E-state index in [1.54, 1.807) is 6.92 Å². The maximum atomic E-state index is 11.0. The van der Waals surface area contributed by atoms with Gasteiger partial charge in [0.05, 0.1) is 0 Å². The van der Waals surface area contributed by atoms with Crippen molar-refractivity contribution in [3.05, 3.63) is 112 Å². The Morgan fingerprint density at radius 1 is 0.667 bits per heavy atom. The van der Waals surface area contributed by atoms with Crippen LogP contribution in [0.1, 0.15) is 6.92 Å². The monoisotopic (exact) mass is 615 g/mol. The minimum Gasteiger partial charge on any atom is -0.0622 e. The Bertz CT molecular complexity index is 773. The Morgan fingerprint density at radius 2 is 0.917 bits per heavy atom. The molecule has 13 heteroatoms. The zero-order valence-corrected chi connectivity index (χ0v) is 23.3. The topological polar surface area (TPSA) is 155 Å². The first-order valence-corrected chi connectivity index (χ1v) is 10.6. The second-order valence-corrected chi connectivity index (χ2v) is 7.65. The quantitative estimate of drug-likeness (QED) is 0.217. The molecule has 0 aliphatic heterocycles. The molecule has 2 aromatic carbocycles. The van der Waals surface area contributed by atoms with Crippen molar-refractivity contribution in [3.63, 3.8) is 0 Å². The van der Waals surface area contributed by atoms with Crippen molar-refractivity contribution in [2.24, 2.45) is 0 Å². The number of hydrogen-bond acceptors (Lipinski definition) is 3. The van der Waals surface area contributed by atoms with E-state index in [2.05, 4.69) is 116 Å². The molecule has 2 aromatic rings. The summed E-state index contributed by atoms with van der Waals surface area (Å²) in [6.45, 7) is 28.6. The summed E-state index contributed by atoms with van der Waals surface area (Å²) in [5.41, 5.74) is 0. The Labute approximate surface area is 235 Å². The van der Waals surface area contributed by atoms with E-state index in [1.165, 1.54) is 30.6 Å². The maximum Gasteiger partial charge on any atom is 0 e. The van der Waals surface area contributed by atoms with Crippen LogP contribution in [0.3, 0.4) is 0 Å². The first-order chi connectivity index (χ1) is 16.6. The van der Waals surface area contributed by atoms with Crippen LogP contribution in [0.25, 0.3) is 0 Å². The Kier molecular flexibility index (Phi) is 82.8. The van der Waals surface area contributed by atoms with Crippen LogP contribution in [-0.4, -0.2) is 14.2 Å². The van der Waals surface area contributed by atoms with Crippen molar-refractivity contribution in [2.45, 2.75) is 6.92 Å². The summed E-state index contributed by atoms with van der Waals surface area (Å²) in [5.74, 6) is 1.28. The molecular formula is C23H21Fe2O9P2-. The molecule has 194 valence electrons. The fourth-order valence-electron chi connectivity index (χ4n) is 1.55. The normalized spacial score (nSPS) is 7.08. The van der Waals surface area contributed by atoms with Gasteiger partial charge in [-0.15, -0.1) is 0 Å². The minimum absolute atomic E-state index is 0. The summed E-state index contributed by atoms with van der Waals surface area (Å²) in [7, 11) is 0.522. The van der Waals surface area contributed by atoms with Crippen molar-refractivity contribution < 1.29 is 75.7 Å². The van der Waals surface area contributed by atoms with E-state index >= 15 is 0 Å². The predicted octanol–water partition coefficient (Wildman–Crippen LogP) is 3.89.